The minimum absolute atomic E-state index is 0.394. The van der Waals surface area contributed by atoms with Crippen molar-refractivity contribution in [3.8, 4) is 22.3 Å². The van der Waals surface area contributed by atoms with Crippen molar-refractivity contribution in [2.45, 2.75) is 57.5 Å². The van der Waals surface area contributed by atoms with Gasteiger partial charge < -0.3 is 5.11 Å². The maximum atomic E-state index is 12.5. The summed E-state index contributed by atoms with van der Waals surface area (Å²) in [5.41, 5.74) is 6.70. The molecule has 0 unspecified atom stereocenters. The van der Waals surface area contributed by atoms with Crippen LogP contribution in [0, 0.1) is 23.7 Å². The third-order valence-electron chi connectivity index (χ3n) is 8.82. The molecular formula is C31H33BrO. The van der Waals surface area contributed by atoms with Crippen molar-refractivity contribution in [2.75, 3.05) is 0 Å². The molecule has 3 aromatic rings. The zero-order chi connectivity index (χ0) is 22.6. The Bertz CT molecular complexity index is 1120. The van der Waals surface area contributed by atoms with Gasteiger partial charge in [-0.15, -0.1) is 0 Å². The monoisotopic (exact) mass is 500 g/mol. The molecular weight excluding hydrogens is 468 g/mol. The second-order valence-electron chi connectivity index (χ2n) is 10.8. The molecule has 33 heavy (non-hydrogen) atoms. The zero-order valence-electron chi connectivity index (χ0n) is 19.4. The van der Waals surface area contributed by atoms with Crippen LogP contribution >= 0.6 is 15.9 Å². The smallest absolute Gasteiger partial charge is 0.0959 e. The van der Waals surface area contributed by atoms with Crippen molar-refractivity contribution in [3.05, 3.63) is 82.3 Å². The molecule has 4 bridgehead atoms. The van der Waals surface area contributed by atoms with Gasteiger partial charge >= 0.3 is 0 Å². The number of aryl methyl sites for hydroxylation is 1. The van der Waals surface area contributed by atoms with Crippen LogP contribution in [0.3, 0.4) is 0 Å². The van der Waals surface area contributed by atoms with Crippen molar-refractivity contribution >= 4 is 15.9 Å². The normalized spacial score (nSPS) is 30.0. The number of benzene rings is 3. The molecule has 0 atom stereocenters. The Kier molecular flexibility index (Phi) is 5.50. The third-order valence-corrected chi connectivity index (χ3v) is 9.34. The molecule has 4 saturated carbocycles. The molecule has 4 fully saturated rings. The molecule has 0 heterocycles. The van der Waals surface area contributed by atoms with Gasteiger partial charge in [0.25, 0.3) is 0 Å². The van der Waals surface area contributed by atoms with Crippen molar-refractivity contribution in [1.82, 2.24) is 0 Å². The lowest BCUT2D eigenvalue weighted by atomic mass is 9.48. The predicted octanol–water partition coefficient (Wildman–Crippen LogP) is 8.38. The van der Waals surface area contributed by atoms with E-state index in [0.717, 1.165) is 28.3 Å². The Morgan fingerprint density at radius 2 is 1.33 bits per heavy atom. The lowest BCUT2D eigenvalue weighted by Crippen LogP contribution is -2.55. The van der Waals surface area contributed by atoms with E-state index in [1.54, 1.807) is 0 Å². The van der Waals surface area contributed by atoms with E-state index in [4.69, 9.17) is 0 Å². The summed E-state index contributed by atoms with van der Waals surface area (Å²) in [6.45, 7) is 2.23. The molecule has 0 amide bonds. The van der Waals surface area contributed by atoms with Gasteiger partial charge in [-0.25, -0.2) is 0 Å². The highest BCUT2D eigenvalue weighted by Gasteiger charge is 2.57. The fourth-order valence-electron chi connectivity index (χ4n) is 7.43. The van der Waals surface area contributed by atoms with Crippen LogP contribution in [0.15, 0.2) is 71.2 Å². The topological polar surface area (TPSA) is 20.2 Å². The summed E-state index contributed by atoms with van der Waals surface area (Å²) in [7, 11) is 0. The van der Waals surface area contributed by atoms with Gasteiger partial charge in [0, 0.05) is 4.47 Å². The van der Waals surface area contributed by atoms with Crippen molar-refractivity contribution in [2.24, 2.45) is 23.7 Å². The lowest BCUT2D eigenvalue weighted by Gasteiger charge is -2.59. The number of rotatable bonds is 5. The first-order chi connectivity index (χ1) is 16.0. The molecule has 1 N–H and O–H groups in total. The van der Waals surface area contributed by atoms with Gasteiger partial charge in [-0.1, -0.05) is 77.8 Å². The van der Waals surface area contributed by atoms with Crippen LogP contribution in [-0.4, -0.2) is 5.11 Å². The molecule has 7 rings (SSSR count). The summed E-state index contributed by atoms with van der Waals surface area (Å²) in [4.78, 5) is 0. The van der Waals surface area contributed by atoms with Crippen molar-refractivity contribution in [3.63, 3.8) is 0 Å². The summed E-state index contributed by atoms with van der Waals surface area (Å²) >= 11 is 3.58. The summed E-state index contributed by atoms with van der Waals surface area (Å²) in [5, 5.41) is 12.5. The molecule has 4 aliphatic carbocycles. The van der Waals surface area contributed by atoms with Gasteiger partial charge in [0.2, 0.25) is 0 Å². The SMILES string of the molecule is CCCc1ccc(-c2ccc(-c3ccc(Br)cc3)c(C3(O)C4CC5CC(C4)CC3C5)c2)cc1. The van der Waals surface area contributed by atoms with E-state index in [9.17, 15) is 5.11 Å². The fourth-order valence-corrected chi connectivity index (χ4v) is 7.70. The summed E-state index contributed by atoms with van der Waals surface area (Å²) in [6.07, 6.45) is 8.46. The van der Waals surface area contributed by atoms with Gasteiger partial charge in [0.15, 0.2) is 0 Å². The average molecular weight is 502 g/mol. The highest BCUT2D eigenvalue weighted by molar-refractivity contribution is 9.10. The summed E-state index contributed by atoms with van der Waals surface area (Å²) in [5.74, 6) is 2.45. The van der Waals surface area contributed by atoms with Crippen molar-refractivity contribution in [1.29, 1.82) is 0 Å². The standard InChI is InChI=1S/C31H33BrO/c1-2-3-20-4-6-23(7-5-20)25-10-13-29(24-8-11-28(32)12-9-24)30(19-25)31(33)26-15-21-14-22(17-26)18-27(31)16-21/h4-13,19,21-22,26-27,33H,2-3,14-18H2,1H3. The molecule has 0 aromatic heterocycles. The molecule has 0 spiro atoms. The van der Waals surface area contributed by atoms with E-state index in [2.05, 4.69) is 89.6 Å². The highest BCUT2D eigenvalue weighted by Crippen LogP contribution is 2.62. The highest BCUT2D eigenvalue weighted by atomic mass is 79.9. The molecule has 0 saturated heterocycles. The number of aliphatic hydroxyl groups is 1. The van der Waals surface area contributed by atoms with E-state index < -0.39 is 5.60 Å². The number of hydrogen-bond donors (Lipinski definition) is 1. The van der Waals surface area contributed by atoms with Gasteiger partial charge in [0.1, 0.15) is 0 Å². The van der Waals surface area contributed by atoms with Gasteiger partial charge in [0.05, 0.1) is 5.60 Å². The van der Waals surface area contributed by atoms with Crippen LogP contribution in [0.2, 0.25) is 0 Å². The van der Waals surface area contributed by atoms with Gasteiger partial charge in [-0.2, -0.15) is 0 Å². The van der Waals surface area contributed by atoms with Crippen molar-refractivity contribution < 1.29 is 5.11 Å². The van der Waals surface area contributed by atoms with Gasteiger partial charge in [-0.05, 0) is 114 Å². The van der Waals surface area contributed by atoms with Gasteiger partial charge in [-0.3, -0.25) is 0 Å². The number of halogens is 1. The average Bonchev–Trinajstić information content (AvgIpc) is 2.83. The molecule has 3 aromatic carbocycles. The Labute approximate surface area is 206 Å². The largest absolute Gasteiger partial charge is 0.385 e. The molecule has 1 nitrogen and oxygen atoms in total. The Morgan fingerprint density at radius 3 is 1.94 bits per heavy atom. The quantitative estimate of drug-likeness (QED) is 0.372. The van der Waals surface area contributed by atoms with Crippen LogP contribution in [0.25, 0.3) is 22.3 Å². The first-order valence-corrected chi connectivity index (χ1v) is 13.6. The minimum atomic E-state index is -0.714. The Hall–Kier alpha value is -1.90. The van der Waals surface area contributed by atoms with Crippen LogP contribution in [0.4, 0.5) is 0 Å². The second-order valence-corrected chi connectivity index (χ2v) is 11.8. The Balaban J connectivity index is 1.48. The first-order valence-electron chi connectivity index (χ1n) is 12.8. The van der Waals surface area contributed by atoms with E-state index >= 15 is 0 Å². The van der Waals surface area contributed by atoms with E-state index in [1.165, 1.54) is 66.3 Å². The minimum Gasteiger partial charge on any atom is -0.385 e. The Morgan fingerprint density at radius 1 is 0.758 bits per heavy atom. The van der Waals surface area contributed by atoms with Crippen LogP contribution in [0.1, 0.15) is 56.6 Å². The fraction of sp³-hybridized carbons (Fsp3) is 0.419. The molecule has 2 heteroatoms. The molecule has 4 aliphatic rings. The molecule has 0 aliphatic heterocycles. The first kappa shape index (κ1) is 21.6. The molecule has 170 valence electrons. The maximum absolute atomic E-state index is 12.5. The lowest BCUT2D eigenvalue weighted by molar-refractivity contribution is -0.179. The molecule has 0 radical (unpaired) electrons. The number of hydrogen-bond acceptors (Lipinski definition) is 1. The van der Waals surface area contributed by atoms with Crippen LogP contribution in [-0.2, 0) is 12.0 Å². The summed E-state index contributed by atoms with van der Waals surface area (Å²) in [6, 6.07) is 24.5. The maximum Gasteiger partial charge on any atom is 0.0959 e. The van der Waals surface area contributed by atoms with Crippen LogP contribution < -0.4 is 0 Å². The predicted molar refractivity (Wildman–Crippen MR) is 140 cm³/mol. The zero-order valence-corrected chi connectivity index (χ0v) is 21.0. The van der Waals surface area contributed by atoms with E-state index in [0.29, 0.717) is 11.8 Å². The van der Waals surface area contributed by atoms with E-state index in [-0.39, 0.29) is 0 Å². The van der Waals surface area contributed by atoms with E-state index in [1.807, 2.05) is 0 Å². The second kappa shape index (κ2) is 8.40. The van der Waals surface area contributed by atoms with Crippen LogP contribution in [0.5, 0.6) is 0 Å². The summed E-state index contributed by atoms with van der Waals surface area (Å²) < 4.78 is 1.09. The third kappa shape index (κ3) is 3.70.